The lowest BCUT2D eigenvalue weighted by atomic mass is 9.87. The average Bonchev–Trinajstić information content (AvgIpc) is 1.61. The summed E-state index contributed by atoms with van der Waals surface area (Å²) in [5, 5.41) is 5.22. The molecule has 1 saturated carbocycles. The molecule has 1 N–H and O–H groups in total. The fourth-order valence-electron chi connectivity index (χ4n) is 11.8. The van der Waals surface area contributed by atoms with Crippen molar-refractivity contribution in [2.24, 2.45) is 12.5 Å². The summed E-state index contributed by atoms with van der Waals surface area (Å²) in [6, 6.07) is 21.0. The van der Waals surface area contributed by atoms with Crippen LogP contribution in [0.25, 0.3) is 39.1 Å². The minimum absolute atomic E-state index is 0.108. The largest absolute Gasteiger partial charge is 0.456 e. The lowest BCUT2D eigenvalue weighted by Crippen LogP contribution is -2.51. The van der Waals surface area contributed by atoms with Crippen molar-refractivity contribution in [3.05, 3.63) is 139 Å². The topological polar surface area (TPSA) is 208 Å². The van der Waals surface area contributed by atoms with Crippen LogP contribution in [0.5, 0.6) is 11.5 Å². The Morgan fingerprint density at radius 2 is 1.69 bits per heavy atom. The highest BCUT2D eigenvalue weighted by atomic mass is 35.5. The van der Waals surface area contributed by atoms with Crippen LogP contribution in [-0.2, 0) is 34.5 Å². The van der Waals surface area contributed by atoms with E-state index in [9.17, 15) is 24.0 Å². The second-order valence-corrected chi connectivity index (χ2v) is 24.6. The van der Waals surface area contributed by atoms with Crippen LogP contribution in [0, 0.1) is 31.1 Å². The molecule has 5 aromatic heterocycles. The SMILES string of the molecule is CC#CCn1c(N2CCCC(NC(=O)C(C)(C)CCOC(C)(CC)CCN(C)C(=O)C=Cc3oc4cc(Cl)c(Oc5ccncc5C(=O)N5CCN(C6CC6)c6ccccc65)cc4c3C)C2)nc2c1c(=O)n(Cc1nc(C)c3ccccc3n1)c(=O)n2C. The van der Waals surface area contributed by atoms with Gasteiger partial charge in [-0.25, -0.2) is 14.8 Å². The van der Waals surface area contributed by atoms with Crippen LogP contribution in [0.4, 0.5) is 17.3 Å². The van der Waals surface area contributed by atoms with Gasteiger partial charge in [0.1, 0.15) is 34.2 Å². The number of amides is 3. The number of fused-ring (bicyclic) bond motifs is 4. The number of benzene rings is 3. The molecule has 3 aromatic carbocycles. The van der Waals surface area contributed by atoms with Crippen LogP contribution >= 0.6 is 11.6 Å². The number of furan rings is 1. The van der Waals surface area contributed by atoms with Crippen LogP contribution in [0.3, 0.4) is 0 Å². The van der Waals surface area contributed by atoms with E-state index in [1.54, 1.807) is 65.9 Å². The highest BCUT2D eigenvalue weighted by Gasteiger charge is 2.37. The normalized spacial score (nSPS) is 16.0. The van der Waals surface area contributed by atoms with Crippen molar-refractivity contribution in [2.45, 2.75) is 124 Å². The number of nitrogens with zero attached hydrogens (tertiary/aromatic N) is 11. The Balaban J connectivity index is 0.685. The number of aryl methyl sites for hydroxylation is 3. The fraction of sp³-hybridized carbons (Fsp3) is 0.418. The van der Waals surface area contributed by atoms with Gasteiger partial charge in [-0.3, -0.25) is 37.9 Å². The number of nitrogens with one attached hydrogen (secondary N) is 1. The van der Waals surface area contributed by atoms with Crippen LogP contribution in [0.2, 0.25) is 5.02 Å². The molecule has 0 spiro atoms. The number of aromatic nitrogens is 7. The lowest BCUT2D eigenvalue weighted by molar-refractivity contribution is -0.133. The smallest absolute Gasteiger partial charge is 0.332 e. The quantitative estimate of drug-likeness (QED) is 0.0557. The summed E-state index contributed by atoms with van der Waals surface area (Å²) in [6.07, 6.45) is 11.8. The van der Waals surface area contributed by atoms with Crippen molar-refractivity contribution in [1.82, 2.24) is 43.9 Å². The molecular weight excluding hydrogens is 1140 g/mol. The molecule has 2 aliphatic heterocycles. The number of anilines is 3. The molecule has 7 heterocycles. The average molecular weight is 1210 g/mol. The van der Waals surface area contributed by atoms with Gasteiger partial charge in [0.05, 0.1) is 40.6 Å². The highest BCUT2D eigenvalue weighted by Crippen LogP contribution is 2.42. The van der Waals surface area contributed by atoms with Gasteiger partial charge >= 0.3 is 5.69 Å². The number of carbonyl (C=O) groups excluding carboxylic acids is 3. The highest BCUT2D eigenvalue weighted by molar-refractivity contribution is 6.33. The van der Waals surface area contributed by atoms with Gasteiger partial charge in [0.25, 0.3) is 11.5 Å². The van der Waals surface area contributed by atoms with Gasteiger partial charge in [0, 0.05) is 117 Å². The Bertz CT molecular complexity index is 4240. The Morgan fingerprint density at radius 3 is 2.47 bits per heavy atom. The van der Waals surface area contributed by atoms with Crippen molar-refractivity contribution >= 4 is 85.8 Å². The van der Waals surface area contributed by atoms with E-state index in [-0.39, 0.29) is 53.0 Å². The molecule has 2 unspecified atom stereocenters. The summed E-state index contributed by atoms with van der Waals surface area (Å²) < 4.78 is 23.5. The number of rotatable bonds is 20. The van der Waals surface area contributed by atoms with E-state index < -0.39 is 22.3 Å². The van der Waals surface area contributed by atoms with Crippen molar-refractivity contribution in [3.8, 4) is 23.3 Å². The molecule has 21 heteroatoms. The van der Waals surface area contributed by atoms with Gasteiger partial charge in [-0.2, -0.15) is 4.98 Å². The second kappa shape index (κ2) is 25.1. The summed E-state index contributed by atoms with van der Waals surface area (Å²) in [5.74, 6) is 7.49. The Kier molecular flexibility index (Phi) is 17.4. The first kappa shape index (κ1) is 60.9. The summed E-state index contributed by atoms with van der Waals surface area (Å²) in [4.78, 5) is 96.7. The van der Waals surface area contributed by atoms with Crippen molar-refractivity contribution < 1.29 is 28.3 Å². The fourth-order valence-corrected chi connectivity index (χ4v) is 11.9. The maximum atomic E-state index is 14.4. The molecule has 88 heavy (non-hydrogen) atoms. The zero-order valence-corrected chi connectivity index (χ0v) is 52.2. The Hall–Kier alpha value is -8.80. The predicted octanol–water partition coefficient (Wildman–Crippen LogP) is 9.99. The van der Waals surface area contributed by atoms with E-state index in [4.69, 9.17) is 30.5 Å². The molecule has 3 amide bonds. The van der Waals surface area contributed by atoms with Gasteiger partial charge in [0.15, 0.2) is 11.2 Å². The molecule has 20 nitrogen and oxygen atoms in total. The number of halogens is 1. The molecule has 0 radical (unpaired) electrons. The minimum Gasteiger partial charge on any atom is -0.456 e. The summed E-state index contributed by atoms with van der Waals surface area (Å²) in [7, 11) is 3.35. The van der Waals surface area contributed by atoms with Crippen LogP contribution < -0.4 is 36.0 Å². The standard InChI is InChI=1S/C67H75ClN12O8/c1-10-12-32-79-59-60(75(9)65(85)80(62(59)83)41-57-70-43(4)46-19-13-14-20-50(46)72-57)73-64(79)76-31-17-18-44(40-76)71-63(84)66(5,6)29-36-86-67(7,11-2)28-33-74(8)58(81)26-25-53-42(3)47-37-56(49(68)38-55(47)87-53)88-54-27-30-69-39-48(54)61(82)78-35-34-77(45-23-24-45)51-21-15-16-22-52(51)78/h13-16,19-22,25-27,30,37-39,44-45H,11,17-18,23-24,28-29,31-36,40-41H2,1-9H3,(H,71,84). The molecule has 8 aromatic rings. The van der Waals surface area contributed by atoms with E-state index >= 15 is 0 Å². The molecule has 0 bridgehead atoms. The number of hydrogen-bond donors (Lipinski definition) is 1. The Morgan fingerprint density at radius 1 is 0.920 bits per heavy atom. The zero-order chi connectivity index (χ0) is 62.2. The van der Waals surface area contributed by atoms with E-state index in [1.165, 1.54) is 16.8 Å². The van der Waals surface area contributed by atoms with Crippen LogP contribution in [0.15, 0.2) is 99.2 Å². The van der Waals surface area contributed by atoms with Gasteiger partial charge in [-0.15, -0.1) is 5.92 Å². The van der Waals surface area contributed by atoms with Gasteiger partial charge in [-0.05, 0) is 109 Å². The monoisotopic (exact) mass is 1210 g/mol. The number of imidazole rings is 1. The Labute approximate surface area is 516 Å². The van der Waals surface area contributed by atoms with E-state index in [2.05, 4.69) is 48.0 Å². The number of piperidine rings is 1. The third kappa shape index (κ3) is 12.4. The molecule has 11 rings (SSSR count). The van der Waals surface area contributed by atoms with Crippen molar-refractivity contribution in [3.63, 3.8) is 0 Å². The number of ether oxygens (including phenoxy) is 2. The molecule has 3 aliphatic rings. The molecule has 1 saturated heterocycles. The first-order valence-electron chi connectivity index (χ1n) is 30.2. The lowest BCUT2D eigenvalue weighted by Gasteiger charge is -2.38. The van der Waals surface area contributed by atoms with Crippen molar-refractivity contribution in [2.75, 3.05) is 61.1 Å². The number of likely N-dealkylation sites (N-methyl/N-ethyl adjacent to an activating group) is 1. The van der Waals surface area contributed by atoms with E-state index in [1.807, 2.05) is 84.0 Å². The number of hydrogen-bond acceptors (Lipinski definition) is 14. The summed E-state index contributed by atoms with van der Waals surface area (Å²) >= 11 is 6.82. The maximum absolute atomic E-state index is 14.4. The molecular formula is C67H75ClN12O8. The van der Waals surface area contributed by atoms with Gasteiger partial charge in [0.2, 0.25) is 17.8 Å². The van der Waals surface area contributed by atoms with Gasteiger partial charge < -0.3 is 38.8 Å². The molecule has 458 valence electrons. The van der Waals surface area contributed by atoms with Crippen LogP contribution in [0.1, 0.15) is 113 Å². The predicted molar refractivity (Wildman–Crippen MR) is 343 cm³/mol. The summed E-state index contributed by atoms with van der Waals surface area (Å²) in [6.45, 7) is 16.5. The van der Waals surface area contributed by atoms with Crippen molar-refractivity contribution in [1.29, 1.82) is 0 Å². The van der Waals surface area contributed by atoms with E-state index in [0.717, 1.165) is 75.7 Å². The molecule has 2 atom stereocenters. The maximum Gasteiger partial charge on any atom is 0.332 e. The number of carbonyl (C=O) groups is 3. The van der Waals surface area contributed by atoms with E-state index in [0.29, 0.717) is 98.3 Å². The second-order valence-electron chi connectivity index (χ2n) is 24.2. The van der Waals surface area contributed by atoms with Gasteiger partial charge in [-0.1, -0.05) is 68.6 Å². The first-order chi connectivity index (χ1) is 42.3. The third-order valence-corrected chi connectivity index (χ3v) is 17.9. The molecule has 2 fully saturated rings. The third-order valence-electron chi connectivity index (χ3n) is 17.6. The number of para-hydroxylation sites is 3. The van der Waals surface area contributed by atoms with Crippen LogP contribution in [-0.4, -0.2) is 120 Å². The summed E-state index contributed by atoms with van der Waals surface area (Å²) in [5.41, 5.74) is 3.07. The first-order valence-corrected chi connectivity index (χ1v) is 30.6. The zero-order valence-electron chi connectivity index (χ0n) is 51.5. The number of pyridine rings is 1. The minimum atomic E-state index is -0.785. The molecule has 1 aliphatic carbocycles.